The van der Waals surface area contributed by atoms with Gasteiger partial charge >= 0.3 is 0 Å². The summed E-state index contributed by atoms with van der Waals surface area (Å²) in [5.74, 6) is -9.87. The fraction of sp³-hybridized carbons (Fsp3) is 0. The Labute approximate surface area is 222 Å². The van der Waals surface area contributed by atoms with Gasteiger partial charge in [-0.25, -0.2) is 0 Å². The lowest BCUT2D eigenvalue weighted by Crippen LogP contribution is -2.02. The molecule has 0 aliphatic heterocycles. The van der Waals surface area contributed by atoms with E-state index in [9.17, 15) is 60.7 Å². The molecule has 0 saturated carbocycles. The lowest BCUT2D eigenvalue weighted by Gasteiger charge is -2.09. The Hall–Kier alpha value is -6.18. The van der Waals surface area contributed by atoms with Crippen LogP contribution in [0.4, 0.5) is 0 Å². The normalized spacial score (nSPS) is 10.4. The van der Waals surface area contributed by atoms with Crippen molar-refractivity contribution in [1.82, 2.24) is 0 Å². The zero-order valence-corrected chi connectivity index (χ0v) is 19.8. The maximum Gasteiger partial charge on any atom is 0.200 e. The zero-order chi connectivity index (χ0) is 30.0. The van der Waals surface area contributed by atoms with Crippen LogP contribution < -0.4 is 0 Å². The van der Waals surface area contributed by atoms with Gasteiger partial charge in [0.1, 0.15) is 45.6 Å². The summed E-state index contributed by atoms with van der Waals surface area (Å²) in [6.45, 7) is 0. The highest BCUT2D eigenvalue weighted by Crippen LogP contribution is 2.40. The third-order valence-electron chi connectivity index (χ3n) is 5.28. The Morgan fingerprint density at radius 2 is 0.575 bits per heavy atom. The number of carbonyl (C=O) groups is 2. The second-order valence-corrected chi connectivity index (χ2v) is 8.10. The van der Waals surface area contributed by atoms with Crippen molar-refractivity contribution in [3.8, 4) is 69.0 Å². The van der Waals surface area contributed by atoms with Gasteiger partial charge < -0.3 is 61.3 Å². The van der Waals surface area contributed by atoms with Crippen molar-refractivity contribution in [3.05, 3.63) is 70.8 Å². The fourth-order valence-corrected chi connectivity index (χ4v) is 3.42. The SMILES string of the molecule is O=C(c1cc(O)c(O)c(O)c1)c1c(O)cc(O)cc1O.O=C(c1cc(O)c(O)c(O)c1)c1c(O)cc(O)cc1O. The molecule has 14 heteroatoms. The molecular weight excluding hydrogens is 536 g/mol. The third-order valence-corrected chi connectivity index (χ3v) is 5.28. The quantitative estimate of drug-likeness (QED) is 0.127. The lowest BCUT2D eigenvalue weighted by molar-refractivity contribution is 0.102. The van der Waals surface area contributed by atoms with Crippen LogP contribution in [-0.4, -0.2) is 72.8 Å². The minimum absolute atomic E-state index is 0.269. The highest BCUT2D eigenvalue weighted by Gasteiger charge is 2.23. The van der Waals surface area contributed by atoms with Gasteiger partial charge in [-0.3, -0.25) is 9.59 Å². The molecule has 208 valence electrons. The standard InChI is InChI=1S/2C13H10O7/c2*14-6-3-7(15)11(8(16)4-6)12(19)5-1-9(17)13(20)10(18)2-5/h2*1-4,14-18,20H. The van der Waals surface area contributed by atoms with E-state index in [0.29, 0.717) is 0 Å². The summed E-state index contributed by atoms with van der Waals surface area (Å²) in [6.07, 6.45) is 0. The van der Waals surface area contributed by atoms with Gasteiger partial charge in [0.05, 0.1) is 0 Å². The van der Waals surface area contributed by atoms with Crippen molar-refractivity contribution in [2.24, 2.45) is 0 Å². The molecule has 0 atom stereocenters. The molecular formula is C26H20O14. The van der Waals surface area contributed by atoms with Crippen molar-refractivity contribution >= 4 is 11.6 Å². The van der Waals surface area contributed by atoms with E-state index < -0.39 is 91.7 Å². The van der Waals surface area contributed by atoms with Crippen LogP contribution in [0.3, 0.4) is 0 Å². The number of hydrogen-bond acceptors (Lipinski definition) is 14. The monoisotopic (exact) mass is 556 g/mol. The van der Waals surface area contributed by atoms with E-state index in [1.54, 1.807) is 0 Å². The van der Waals surface area contributed by atoms with Crippen LogP contribution in [0.1, 0.15) is 31.8 Å². The molecule has 4 rings (SSSR count). The molecule has 14 nitrogen and oxygen atoms in total. The number of phenols is 12. The molecule has 4 aromatic rings. The summed E-state index contributed by atoms with van der Waals surface area (Å²) in [4.78, 5) is 24.2. The van der Waals surface area contributed by atoms with Gasteiger partial charge in [-0.1, -0.05) is 0 Å². The molecule has 4 aromatic carbocycles. The van der Waals surface area contributed by atoms with E-state index in [1.165, 1.54) is 0 Å². The summed E-state index contributed by atoms with van der Waals surface area (Å²) in [5, 5.41) is 112. The second kappa shape index (κ2) is 10.7. The van der Waals surface area contributed by atoms with E-state index in [4.69, 9.17) is 10.2 Å². The molecule has 0 saturated heterocycles. The summed E-state index contributed by atoms with van der Waals surface area (Å²) in [5.41, 5.74) is -1.55. The van der Waals surface area contributed by atoms with Crippen LogP contribution >= 0.6 is 0 Å². The number of aromatic hydroxyl groups is 12. The topological polar surface area (TPSA) is 277 Å². The Morgan fingerprint density at radius 1 is 0.350 bits per heavy atom. The summed E-state index contributed by atoms with van der Waals surface area (Å²) < 4.78 is 0. The zero-order valence-electron chi connectivity index (χ0n) is 19.8. The minimum atomic E-state index is -0.911. The number of phenolic OH excluding ortho intramolecular Hbond substituents is 12. The van der Waals surface area contributed by atoms with Gasteiger partial charge in [-0.2, -0.15) is 0 Å². The fourth-order valence-electron chi connectivity index (χ4n) is 3.42. The predicted octanol–water partition coefficient (Wildman–Crippen LogP) is 2.30. The molecule has 0 amide bonds. The summed E-state index contributed by atoms with van der Waals surface area (Å²) in [7, 11) is 0. The second-order valence-electron chi connectivity index (χ2n) is 8.10. The van der Waals surface area contributed by atoms with Gasteiger partial charge in [0.2, 0.25) is 11.6 Å². The van der Waals surface area contributed by atoms with Crippen LogP contribution in [0, 0.1) is 0 Å². The van der Waals surface area contributed by atoms with Gasteiger partial charge in [0.25, 0.3) is 0 Å². The smallest absolute Gasteiger partial charge is 0.200 e. The summed E-state index contributed by atoms with van der Waals surface area (Å²) in [6, 6.07) is 6.87. The van der Waals surface area contributed by atoms with E-state index in [0.717, 1.165) is 48.5 Å². The third kappa shape index (κ3) is 5.55. The van der Waals surface area contributed by atoms with E-state index in [1.807, 2.05) is 0 Å². The molecule has 0 aliphatic carbocycles. The number of rotatable bonds is 4. The average Bonchev–Trinajstić information content (AvgIpc) is 2.84. The van der Waals surface area contributed by atoms with Crippen molar-refractivity contribution in [2.75, 3.05) is 0 Å². The van der Waals surface area contributed by atoms with Crippen LogP contribution in [0.25, 0.3) is 0 Å². The molecule has 0 fully saturated rings. The molecule has 0 aliphatic rings. The predicted molar refractivity (Wildman–Crippen MR) is 133 cm³/mol. The first kappa shape index (κ1) is 28.4. The van der Waals surface area contributed by atoms with Crippen LogP contribution in [0.5, 0.6) is 69.0 Å². The average molecular weight is 556 g/mol. The van der Waals surface area contributed by atoms with Crippen molar-refractivity contribution < 1.29 is 70.9 Å². The minimum Gasteiger partial charge on any atom is -0.508 e. The molecule has 12 N–H and O–H groups in total. The highest BCUT2D eigenvalue weighted by molar-refractivity contribution is 6.13. The summed E-state index contributed by atoms with van der Waals surface area (Å²) >= 11 is 0. The molecule has 0 radical (unpaired) electrons. The largest absolute Gasteiger partial charge is 0.508 e. The first-order valence-electron chi connectivity index (χ1n) is 10.7. The first-order chi connectivity index (χ1) is 18.6. The van der Waals surface area contributed by atoms with Crippen molar-refractivity contribution in [2.45, 2.75) is 0 Å². The van der Waals surface area contributed by atoms with Crippen LogP contribution in [-0.2, 0) is 0 Å². The number of ketones is 2. The molecule has 0 aromatic heterocycles. The van der Waals surface area contributed by atoms with Gasteiger partial charge in [0.15, 0.2) is 34.5 Å². The maximum absolute atomic E-state index is 12.1. The van der Waals surface area contributed by atoms with Crippen LogP contribution in [0.2, 0.25) is 0 Å². The van der Waals surface area contributed by atoms with E-state index >= 15 is 0 Å². The van der Waals surface area contributed by atoms with Gasteiger partial charge in [-0.05, 0) is 24.3 Å². The van der Waals surface area contributed by atoms with Gasteiger partial charge in [-0.15, -0.1) is 0 Å². The molecule has 0 heterocycles. The van der Waals surface area contributed by atoms with E-state index in [2.05, 4.69) is 0 Å². The van der Waals surface area contributed by atoms with Crippen molar-refractivity contribution in [1.29, 1.82) is 0 Å². The van der Waals surface area contributed by atoms with Gasteiger partial charge in [0, 0.05) is 35.4 Å². The van der Waals surface area contributed by atoms with Crippen LogP contribution in [0.15, 0.2) is 48.5 Å². The number of carbonyl (C=O) groups excluding carboxylic acids is 2. The Kier molecular flexibility index (Phi) is 7.57. The molecule has 0 spiro atoms. The lowest BCUT2D eigenvalue weighted by atomic mass is 10.0. The van der Waals surface area contributed by atoms with Crippen molar-refractivity contribution in [3.63, 3.8) is 0 Å². The molecule has 0 bridgehead atoms. The number of benzene rings is 4. The molecule has 0 unspecified atom stereocenters. The van der Waals surface area contributed by atoms with E-state index in [-0.39, 0.29) is 11.1 Å². The molecule has 40 heavy (non-hydrogen) atoms. The highest BCUT2D eigenvalue weighted by atomic mass is 16.3. The first-order valence-corrected chi connectivity index (χ1v) is 10.7. The number of hydrogen-bond donors (Lipinski definition) is 12. The Balaban J connectivity index is 0.000000220. The Morgan fingerprint density at radius 3 is 0.800 bits per heavy atom. The Bertz CT molecular complexity index is 1440. The maximum atomic E-state index is 12.1.